The van der Waals surface area contributed by atoms with E-state index in [9.17, 15) is 13.2 Å². The normalized spacial score (nSPS) is 20.5. The minimum atomic E-state index is -4.43. The van der Waals surface area contributed by atoms with Crippen LogP contribution in [0.25, 0.3) is 0 Å². The van der Waals surface area contributed by atoms with E-state index < -0.39 is 11.7 Å². The summed E-state index contributed by atoms with van der Waals surface area (Å²) in [6, 6.07) is 3.76. The molecule has 1 heterocycles. The highest BCUT2D eigenvalue weighted by atomic mass is 19.4. The number of likely N-dealkylation sites (N-methyl/N-ethyl adjacent to an activating group) is 1. The van der Waals surface area contributed by atoms with Crippen LogP contribution in [-0.4, -0.2) is 43.8 Å². The first-order valence-electron chi connectivity index (χ1n) is 6.94. The largest absolute Gasteiger partial charge is 0.418 e. The van der Waals surface area contributed by atoms with Gasteiger partial charge in [0.25, 0.3) is 0 Å². The van der Waals surface area contributed by atoms with Crippen molar-refractivity contribution in [2.45, 2.75) is 19.2 Å². The van der Waals surface area contributed by atoms with Crippen LogP contribution in [0.1, 0.15) is 12.5 Å². The second-order valence-corrected chi connectivity index (χ2v) is 5.07. The van der Waals surface area contributed by atoms with Gasteiger partial charge >= 0.3 is 6.18 Å². The Bertz CT molecular complexity index is 479. The van der Waals surface area contributed by atoms with Gasteiger partial charge in [0.2, 0.25) is 0 Å². The van der Waals surface area contributed by atoms with Crippen LogP contribution in [0, 0.1) is 0 Å². The zero-order valence-corrected chi connectivity index (χ0v) is 11.9. The van der Waals surface area contributed by atoms with Crippen LogP contribution in [-0.2, 0) is 10.9 Å². The lowest BCUT2D eigenvalue weighted by Crippen LogP contribution is -2.45. The molecule has 1 aromatic carbocycles. The molecule has 0 saturated carbocycles. The number of nitrogens with one attached hydrogen (secondary N) is 1. The second-order valence-electron chi connectivity index (χ2n) is 5.07. The molecule has 3 N–H and O–H groups in total. The molecule has 0 amide bonds. The molecule has 0 bridgehead atoms. The fraction of sp³-hybridized carbons (Fsp3) is 0.571. The summed E-state index contributed by atoms with van der Waals surface area (Å²) in [4.78, 5) is 2.21. The molecule has 1 atom stereocenters. The Morgan fingerprint density at radius 3 is 2.86 bits per heavy atom. The van der Waals surface area contributed by atoms with E-state index in [2.05, 4.69) is 17.1 Å². The van der Waals surface area contributed by atoms with E-state index in [0.29, 0.717) is 13.2 Å². The summed E-state index contributed by atoms with van der Waals surface area (Å²) in [5, 5.41) is 2.83. The molecule has 118 valence electrons. The molecular weight excluding hydrogens is 283 g/mol. The van der Waals surface area contributed by atoms with Crippen molar-refractivity contribution in [1.29, 1.82) is 0 Å². The maximum atomic E-state index is 13.0. The molecule has 7 heteroatoms. The van der Waals surface area contributed by atoms with E-state index in [1.54, 1.807) is 0 Å². The van der Waals surface area contributed by atoms with E-state index in [1.165, 1.54) is 12.1 Å². The average molecular weight is 303 g/mol. The van der Waals surface area contributed by atoms with Crippen molar-refractivity contribution in [3.63, 3.8) is 0 Å². The number of nitrogens with zero attached hydrogens (tertiary/aromatic N) is 1. The van der Waals surface area contributed by atoms with Crippen LogP contribution in [0.4, 0.5) is 24.5 Å². The fourth-order valence-electron chi connectivity index (χ4n) is 2.37. The summed E-state index contributed by atoms with van der Waals surface area (Å²) in [5.74, 6) is 0. The maximum absolute atomic E-state index is 13.0. The summed E-state index contributed by atoms with van der Waals surface area (Å²) >= 11 is 0. The van der Waals surface area contributed by atoms with Crippen molar-refractivity contribution in [3.05, 3.63) is 23.8 Å². The van der Waals surface area contributed by atoms with Crippen LogP contribution in [0.3, 0.4) is 0 Å². The smallest absolute Gasteiger partial charge is 0.399 e. The lowest BCUT2D eigenvalue weighted by molar-refractivity contribution is -0.136. The maximum Gasteiger partial charge on any atom is 0.418 e. The summed E-state index contributed by atoms with van der Waals surface area (Å²) in [7, 11) is 0. The third-order valence-corrected chi connectivity index (χ3v) is 3.54. The first kappa shape index (κ1) is 15.9. The predicted octanol–water partition coefficient (Wildman–Crippen LogP) is 2.42. The number of benzene rings is 1. The van der Waals surface area contributed by atoms with Crippen molar-refractivity contribution >= 4 is 11.4 Å². The Morgan fingerprint density at radius 1 is 1.43 bits per heavy atom. The van der Waals surface area contributed by atoms with Gasteiger partial charge in [-0.1, -0.05) is 6.92 Å². The molecule has 21 heavy (non-hydrogen) atoms. The van der Waals surface area contributed by atoms with E-state index in [1.807, 2.05) is 0 Å². The van der Waals surface area contributed by atoms with Crippen LogP contribution < -0.4 is 11.1 Å². The van der Waals surface area contributed by atoms with Crippen LogP contribution in [0.15, 0.2) is 18.2 Å². The van der Waals surface area contributed by atoms with Gasteiger partial charge in [0, 0.05) is 31.0 Å². The number of morpholine rings is 1. The zero-order valence-electron chi connectivity index (χ0n) is 11.9. The molecule has 0 spiro atoms. The number of halogens is 3. The molecule has 1 aliphatic rings. The topological polar surface area (TPSA) is 50.5 Å². The molecule has 1 saturated heterocycles. The summed E-state index contributed by atoms with van der Waals surface area (Å²) in [5.41, 5.74) is 4.83. The molecule has 1 fully saturated rings. The lowest BCUT2D eigenvalue weighted by atomic mass is 10.1. The zero-order chi connectivity index (χ0) is 15.5. The summed E-state index contributed by atoms with van der Waals surface area (Å²) in [6.07, 6.45) is -4.54. The van der Waals surface area contributed by atoms with Gasteiger partial charge in [-0.25, -0.2) is 0 Å². The number of ether oxygens (including phenoxy) is 1. The van der Waals surface area contributed by atoms with Crippen molar-refractivity contribution in [2.24, 2.45) is 0 Å². The van der Waals surface area contributed by atoms with Crippen molar-refractivity contribution < 1.29 is 17.9 Å². The molecule has 1 unspecified atom stereocenters. The van der Waals surface area contributed by atoms with Crippen LogP contribution >= 0.6 is 0 Å². The highest BCUT2D eigenvalue weighted by Crippen LogP contribution is 2.36. The standard InChI is InChI=1S/C14H20F3N3O/c1-2-20-5-6-21-11(9-20)8-19-13-4-3-10(18)7-12(13)14(15,16)17/h3-4,7,11,19H,2,5-6,8-9,18H2,1H3. The van der Waals surface area contributed by atoms with Gasteiger partial charge in [0.1, 0.15) is 0 Å². The highest BCUT2D eigenvalue weighted by Gasteiger charge is 2.34. The number of hydrogen-bond acceptors (Lipinski definition) is 4. The van der Waals surface area contributed by atoms with Gasteiger partial charge in [0.05, 0.1) is 18.3 Å². The monoisotopic (exact) mass is 303 g/mol. The lowest BCUT2D eigenvalue weighted by Gasteiger charge is -2.32. The van der Waals surface area contributed by atoms with E-state index in [4.69, 9.17) is 10.5 Å². The molecule has 4 nitrogen and oxygen atoms in total. The van der Waals surface area contributed by atoms with E-state index in [0.717, 1.165) is 25.7 Å². The molecule has 0 aliphatic carbocycles. The Balaban J connectivity index is 2.03. The number of hydrogen-bond donors (Lipinski definition) is 2. The fourth-order valence-corrected chi connectivity index (χ4v) is 2.37. The van der Waals surface area contributed by atoms with E-state index in [-0.39, 0.29) is 17.5 Å². The first-order valence-corrected chi connectivity index (χ1v) is 6.94. The Labute approximate surface area is 122 Å². The number of nitrogen functional groups attached to an aromatic ring is 1. The van der Waals surface area contributed by atoms with Gasteiger partial charge in [-0.05, 0) is 24.7 Å². The van der Waals surface area contributed by atoms with Crippen molar-refractivity contribution in [3.8, 4) is 0 Å². The Hall–Kier alpha value is -1.47. The third-order valence-electron chi connectivity index (χ3n) is 3.54. The quantitative estimate of drug-likeness (QED) is 0.839. The minimum absolute atomic E-state index is 0.0360. The summed E-state index contributed by atoms with van der Waals surface area (Å²) in [6.45, 7) is 5.49. The second kappa shape index (κ2) is 6.53. The highest BCUT2D eigenvalue weighted by molar-refractivity contribution is 5.59. The van der Waals surface area contributed by atoms with E-state index >= 15 is 0 Å². The summed E-state index contributed by atoms with van der Waals surface area (Å²) < 4.78 is 44.5. The number of anilines is 2. The van der Waals surface area contributed by atoms with Crippen LogP contribution in [0.2, 0.25) is 0 Å². The molecular formula is C14H20F3N3O. The van der Waals surface area contributed by atoms with Gasteiger partial charge in [-0.15, -0.1) is 0 Å². The molecule has 1 aliphatic heterocycles. The molecule has 0 radical (unpaired) electrons. The van der Waals surface area contributed by atoms with Gasteiger partial charge in [0.15, 0.2) is 0 Å². The predicted molar refractivity (Wildman–Crippen MR) is 76.2 cm³/mol. The average Bonchev–Trinajstić information content (AvgIpc) is 2.45. The number of nitrogens with two attached hydrogens (primary N) is 1. The first-order chi connectivity index (χ1) is 9.90. The third kappa shape index (κ3) is 4.25. The SMILES string of the molecule is CCN1CCOC(CNc2ccc(N)cc2C(F)(F)F)C1. The van der Waals surface area contributed by atoms with Crippen molar-refractivity contribution in [2.75, 3.05) is 43.8 Å². The number of alkyl halides is 3. The van der Waals surface area contributed by atoms with Gasteiger partial charge in [-0.3, -0.25) is 4.90 Å². The Morgan fingerprint density at radius 2 is 2.19 bits per heavy atom. The Kier molecular flexibility index (Phi) is 4.95. The van der Waals surface area contributed by atoms with Gasteiger partial charge in [-0.2, -0.15) is 13.2 Å². The minimum Gasteiger partial charge on any atom is -0.399 e. The molecule has 0 aromatic heterocycles. The van der Waals surface area contributed by atoms with Crippen molar-refractivity contribution in [1.82, 2.24) is 4.90 Å². The molecule has 1 aromatic rings. The van der Waals surface area contributed by atoms with Crippen LogP contribution in [0.5, 0.6) is 0 Å². The van der Waals surface area contributed by atoms with Gasteiger partial charge < -0.3 is 15.8 Å². The molecule has 2 rings (SSSR count). The number of rotatable bonds is 4.